The summed E-state index contributed by atoms with van der Waals surface area (Å²) >= 11 is 0. The maximum Gasteiger partial charge on any atom is 0.328 e. The molecule has 0 bridgehead atoms. The van der Waals surface area contributed by atoms with Crippen molar-refractivity contribution in [1.82, 2.24) is 5.32 Å². The van der Waals surface area contributed by atoms with Crippen LogP contribution in [0.15, 0.2) is 91.0 Å². The molecule has 4 aromatic carbocycles. The van der Waals surface area contributed by atoms with Crippen LogP contribution in [0, 0.1) is 20.2 Å². The first-order valence-corrected chi connectivity index (χ1v) is 12.0. The third kappa shape index (κ3) is 6.27. The van der Waals surface area contributed by atoms with Crippen molar-refractivity contribution < 1.29 is 29.3 Å². The molecule has 2 N–H and O–H groups in total. The molecule has 40 heavy (non-hydrogen) atoms. The molecular formula is C29H23N3O8. The van der Waals surface area contributed by atoms with Gasteiger partial charge in [0, 0.05) is 30.7 Å². The minimum atomic E-state index is -1.10. The lowest BCUT2D eigenvalue weighted by Gasteiger charge is -2.18. The van der Waals surface area contributed by atoms with Gasteiger partial charge in [0.05, 0.1) is 22.5 Å². The van der Waals surface area contributed by atoms with E-state index in [2.05, 4.69) is 5.32 Å². The Morgan fingerprint density at radius 3 is 1.88 bits per heavy atom. The predicted octanol–water partition coefficient (Wildman–Crippen LogP) is 5.06. The van der Waals surface area contributed by atoms with Crippen LogP contribution in [0.3, 0.4) is 0 Å². The summed E-state index contributed by atoms with van der Waals surface area (Å²) in [6.07, 6.45) is 0.0684. The highest BCUT2D eigenvalue weighted by molar-refractivity contribution is 6.00. The molecule has 1 unspecified atom stereocenters. The average Bonchev–Trinajstić information content (AvgIpc) is 2.97. The number of phenols is 1. The number of hydrogen-bond donors (Lipinski definition) is 2. The van der Waals surface area contributed by atoms with Gasteiger partial charge in [0.1, 0.15) is 11.8 Å². The average molecular weight is 542 g/mol. The molecule has 0 spiro atoms. The Morgan fingerprint density at radius 1 is 0.800 bits per heavy atom. The molecular weight excluding hydrogens is 518 g/mol. The fraction of sp³-hybridized carbons (Fsp3) is 0.103. The van der Waals surface area contributed by atoms with E-state index in [1.165, 1.54) is 55.6 Å². The topological polar surface area (TPSA) is 162 Å². The van der Waals surface area contributed by atoms with E-state index in [0.29, 0.717) is 22.3 Å². The minimum Gasteiger partial charge on any atom is -0.507 e. The molecule has 4 rings (SSSR count). The monoisotopic (exact) mass is 541 g/mol. The molecule has 0 radical (unpaired) electrons. The second kappa shape index (κ2) is 11.9. The van der Waals surface area contributed by atoms with Crippen molar-refractivity contribution in [2.24, 2.45) is 0 Å². The predicted molar refractivity (Wildman–Crippen MR) is 146 cm³/mol. The molecule has 0 heterocycles. The van der Waals surface area contributed by atoms with Crippen molar-refractivity contribution in [1.29, 1.82) is 0 Å². The molecule has 1 amide bonds. The standard InChI is InChI=1S/C29H23N3O8/c1-40-29(35)26(14-18-8-10-19(11-9-18)20-4-2-6-23(15-20)31(36)37)30-28(34)25-17-22(12-13-27(25)33)21-5-3-7-24(16-21)32(38)39/h2-13,15-17,26,33H,14H2,1H3,(H,30,34). The Balaban J connectivity index is 1.54. The van der Waals surface area contributed by atoms with Crippen molar-refractivity contribution in [2.75, 3.05) is 7.11 Å². The van der Waals surface area contributed by atoms with Gasteiger partial charge in [-0.1, -0.05) is 54.6 Å². The summed E-state index contributed by atoms with van der Waals surface area (Å²) in [4.78, 5) is 46.9. The number of methoxy groups -OCH3 is 1. The van der Waals surface area contributed by atoms with Crippen LogP contribution in [-0.4, -0.2) is 40.0 Å². The highest BCUT2D eigenvalue weighted by Crippen LogP contribution is 2.29. The highest BCUT2D eigenvalue weighted by atomic mass is 16.6. The van der Waals surface area contributed by atoms with Gasteiger partial charge in [-0.3, -0.25) is 25.0 Å². The van der Waals surface area contributed by atoms with E-state index in [0.717, 1.165) is 5.56 Å². The van der Waals surface area contributed by atoms with Crippen LogP contribution in [0.5, 0.6) is 5.75 Å². The van der Waals surface area contributed by atoms with Crippen LogP contribution in [0.1, 0.15) is 15.9 Å². The molecule has 0 saturated carbocycles. The SMILES string of the molecule is COC(=O)C(Cc1ccc(-c2cccc([N+](=O)[O-])c2)cc1)NC(=O)c1cc(-c2cccc([N+](=O)[O-])c2)ccc1O. The van der Waals surface area contributed by atoms with E-state index >= 15 is 0 Å². The van der Waals surface area contributed by atoms with E-state index in [1.807, 2.05) is 0 Å². The number of esters is 1. The first-order chi connectivity index (χ1) is 19.2. The Hall–Kier alpha value is -5.58. The van der Waals surface area contributed by atoms with E-state index in [-0.39, 0.29) is 29.1 Å². The zero-order valence-electron chi connectivity index (χ0n) is 21.1. The molecule has 4 aromatic rings. The number of ether oxygens (including phenoxy) is 1. The summed E-state index contributed by atoms with van der Waals surface area (Å²) in [5, 5.41) is 35.2. The van der Waals surface area contributed by atoms with Crippen molar-refractivity contribution >= 4 is 23.3 Å². The number of carbonyl (C=O) groups excluding carboxylic acids is 2. The Labute approximate surface area is 228 Å². The Bertz CT molecular complexity index is 1600. The van der Waals surface area contributed by atoms with Gasteiger partial charge in [0.25, 0.3) is 17.3 Å². The number of hydrogen-bond acceptors (Lipinski definition) is 8. The summed E-state index contributed by atoms with van der Waals surface area (Å²) in [7, 11) is 1.19. The molecule has 0 saturated heterocycles. The smallest absolute Gasteiger partial charge is 0.328 e. The van der Waals surface area contributed by atoms with Crippen molar-refractivity contribution in [3.05, 3.63) is 122 Å². The minimum absolute atomic E-state index is 0.0344. The van der Waals surface area contributed by atoms with Gasteiger partial charge in [-0.15, -0.1) is 0 Å². The number of amides is 1. The summed E-state index contributed by atoms with van der Waals surface area (Å²) in [5.74, 6) is -1.78. The second-order valence-electron chi connectivity index (χ2n) is 8.80. The quantitative estimate of drug-likeness (QED) is 0.169. The number of nitrogens with one attached hydrogen (secondary N) is 1. The van der Waals surface area contributed by atoms with Crippen LogP contribution in [0.4, 0.5) is 11.4 Å². The lowest BCUT2D eigenvalue weighted by Crippen LogP contribution is -2.43. The van der Waals surface area contributed by atoms with Gasteiger partial charge in [-0.25, -0.2) is 4.79 Å². The lowest BCUT2D eigenvalue weighted by molar-refractivity contribution is -0.385. The zero-order valence-corrected chi connectivity index (χ0v) is 21.1. The number of benzene rings is 4. The maximum absolute atomic E-state index is 13.1. The first-order valence-electron chi connectivity index (χ1n) is 12.0. The Morgan fingerprint density at radius 2 is 1.32 bits per heavy atom. The van der Waals surface area contributed by atoms with Crippen molar-refractivity contribution in [3.63, 3.8) is 0 Å². The van der Waals surface area contributed by atoms with Crippen LogP contribution in [-0.2, 0) is 16.0 Å². The molecule has 11 nitrogen and oxygen atoms in total. The lowest BCUT2D eigenvalue weighted by atomic mass is 9.99. The van der Waals surface area contributed by atoms with Gasteiger partial charge in [0.15, 0.2) is 0 Å². The van der Waals surface area contributed by atoms with E-state index in [1.54, 1.807) is 42.5 Å². The van der Waals surface area contributed by atoms with Crippen LogP contribution < -0.4 is 5.32 Å². The summed E-state index contributed by atoms with van der Waals surface area (Å²) < 4.78 is 4.87. The normalized spacial score (nSPS) is 11.3. The number of nitro groups is 2. The van der Waals surface area contributed by atoms with Crippen LogP contribution in [0.2, 0.25) is 0 Å². The highest BCUT2D eigenvalue weighted by Gasteiger charge is 2.24. The number of aromatic hydroxyl groups is 1. The van der Waals surface area contributed by atoms with E-state index in [9.17, 15) is 34.9 Å². The molecule has 0 aliphatic rings. The first kappa shape index (κ1) is 27.5. The molecule has 0 aliphatic carbocycles. The largest absolute Gasteiger partial charge is 0.507 e. The molecule has 11 heteroatoms. The fourth-order valence-corrected chi connectivity index (χ4v) is 4.14. The third-order valence-corrected chi connectivity index (χ3v) is 6.21. The zero-order chi connectivity index (χ0) is 28.8. The number of nitro benzene ring substituents is 2. The van der Waals surface area contributed by atoms with Gasteiger partial charge < -0.3 is 15.2 Å². The maximum atomic E-state index is 13.1. The number of nitrogens with zero attached hydrogens (tertiary/aromatic N) is 2. The molecule has 202 valence electrons. The second-order valence-corrected chi connectivity index (χ2v) is 8.80. The van der Waals surface area contributed by atoms with Crippen molar-refractivity contribution in [2.45, 2.75) is 12.5 Å². The van der Waals surface area contributed by atoms with E-state index < -0.39 is 27.8 Å². The van der Waals surface area contributed by atoms with Gasteiger partial charge in [0.2, 0.25) is 0 Å². The van der Waals surface area contributed by atoms with Gasteiger partial charge in [-0.05, 0) is 39.9 Å². The van der Waals surface area contributed by atoms with Gasteiger partial charge in [-0.2, -0.15) is 0 Å². The Kier molecular flexibility index (Phi) is 8.14. The number of non-ortho nitro benzene ring substituents is 2. The molecule has 0 aliphatic heterocycles. The number of phenolic OH excluding ortho intramolecular Hbond substituents is 1. The molecule has 0 fully saturated rings. The van der Waals surface area contributed by atoms with Crippen molar-refractivity contribution in [3.8, 4) is 28.0 Å². The fourth-order valence-electron chi connectivity index (χ4n) is 4.14. The number of carbonyl (C=O) groups is 2. The van der Waals surface area contributed by atoms with Gasteiger partial charge >= 0.3 is 5.97 Å². The number of rotatable bonds is 9. The third-order valence-electron chi connectivity index (χ3n) is 6.21. The van der Waals surface area contributed by atoms with E-state index in [4.69, 9.17) is 4.74 Å². The molecule has 0 aromatic heterocycles. The molecule has 1 atom stereocenters. The summed E-state index contributed by atoms with van der Waals surface area (Å²) in [5.41, 5.74) is 2.70. The van der Waals surface area contributed by atoms with Crippen LogP contribution >= 0.6 is 0 Å². The summed E-state index contributed by atoms with van der Waals surface area (Å²) in [6, 6.07) is 22.1. The summed E-state index contributed by atoms with van der Waals surface area (Å²) in [6.45, 7) is 0. The van der Waals surface area contributed by atoms with Crippen LogP contribution in [0.25, 0.3) is 22.3 Å².